The molecule has 11 heavy (non-hydrogen) atoms. The predicted molar refractivity (Wildman–Crippen MR) is 44.3 cm³/mol. The van der Waals surface area contributed by atoms with Crippen LogP contribution in [-0.2, 0) is 4.74 Å². The van der Waals surface area contributed by atoms with Crippen LogP contribution in [0.15, 0.2) is 0 Å². The Labute approximate surface area is 68.3 Å². The first-order valence-electron chi connectivity index (χ1n) is 4.59. The lowest BCUT2D eigenvalue weighted by atomic mass is 10.1. The molecule has 1 saturated heterocycles. The second-order valence-corrected chi connectivity index (χ2v) is 4.24. The molecular weight excluding hydrogens is 138 g/mol. The molecule has 1 atom stereocenters. The molecule has 1 N–H and O–H groups in total. The number of hydrogen-bond donors (Lipinski definition) is 1. The third-order valence-electron chi connectivity index (χ3n) is 2.62. The molecule has 1 aliphatic carbocycles. The van der Waals surface area contributed by atoms with Gasteiger partial charge in [0.25, 0.3) is 0 Å². The van der Waals surface area contributed by atoms with Gasteiger partial charge in [0.15, 0.2) is 0 Å². The second-order valence-electron chi connectivity index (χ2n) is 4.24. The fraction of sp³-hybridized carbons (Fsp3) is 1.00. The molecule has 1 saturated carbocycles. The predicted octanol–water partition coefficient (Wildman–Crippen LogP) is 1.51. The average molecular weight is 155 g/mol. The van der Waals surface area contributed by atoms with Gasteiger partial charge in [-0.2, -0.15) is 0 Å². The summed E-state index contributed by atoms with van der Waals surface area (Å²) in [6, 6.07) is 0.735. The van der Waals surface area contributed by atoms with Crippen LogP contribution in [0.4, 0.5) is 0 Å². The lowest BCUT2D eigenvalue weighted by Gasteiger charge is -2.37. The van der Waals surface area contributed by atoms with Crippen LogP contribution in [0.5, 0.6) is 0 Å². The third-order valence-corrected chi connectivity index (χ3v) is 2.62. The summed E-state index contributed by atoms with van der Waals surface area (Å²) in [6.07, 6.45) is 4.05. The molecule has 0 aromatic rings. The molecule has 1 heterocycles. The van der Waals surface area contributed by atoms with Gasteiger partial charge in [0.1, 0.15) is 5.72 Å². The molecule has 1 aliphatic heterocycles. The first-order valence-corrected chi connectivity index (χ1v) is 4.59. The van der Waals surface area contributed by atoms with Crippen molar-refractivity contribution < 1.29 is 4.74 Å². The first kappa shape index (κ1) is 7.56. The van der Waals surface area contributed by atoms with Crippen LogP contribution in [0.3, 0.4) is 0 Å². The van der Waals surface area contributed by atoms with Gasteiger partial charge in [-0.15, -0.1) is 0 Å². The van der Waals surface area contributed by atoms with Crippen molar-refractivity contribution in [2.45, 2.75) is 44.9 Å². The zero-order chi connectivity index (χ0) is 7.90. The van der Waals surface area contributed by atoms with Crippen LogP contribution in [0.2, 0.25) is 0 Å². The molecule has 0 aromatic heterocycles. The average Bonchev–Trinajstić information content (AvgIpc) is 2.65. The van der Waals surface area contributed by atoms with Crippen molar-refractivity contribution in [3.05, 3.63) is 0 Å². The molecule has 0 spiro atoms. The highest BCUT2D eigenvalue weighted by molar-refractivity contribution is 4.90. The van der Waals surface area contributed by atoms with Crippen molar-refractivity contribution in [1.29, 1.82) is 0 Å². The van der Waals surface area contributed by atoms with E-state index in [9.17, 15) is 0 Å². The topological polar surface area (TPSA) is 21.3 Å². The number of hydrogen-bond acceptors (Lipinski definition) is 2. The minimum Gasteiger partial charge on any atom is -0.361 e. The highest BCUT2D eigenvalue weighted by Crippen LogP contribution is 2.36. The van der Waals surface area contributed by atoms with Crippen LogP contribution in [-0.4, -0.2) is 18.4 Å². The molecule has 0 bridgehead atoms. The zero-order valence-corrected chi connectivity index (χ0v) is 7.39. The number of ether oxygens (including phenoxy) is 1. The van der Waals surface area contributed by atoms with E-state index in [0.29, 0.717) is 0 Å². The summed E-state index contributed by atoms with van der Waals surface area (Å²) in [6.45, 7) is 5.16. The Morgan fingerprint density at radius 1 is 1.27 bits per heavy atom. The number of rotatable bonds is 1. The van der Waals surface area contributed by atoms with Gasteiger partial charge in [0.2, 0.25) is 0 Å². The molecule has 0 radical (unpaired) electrons. The van der Waals surface area contributed by atoms with Crippen LogP contribution in [0.25, 0.3) is 0 Å². The van der Waals surface area contributed by atoms with E-state index < -0.39 is 0 Å². The summed E-state index contributed by atoms with van der Waals surface area (Å²) in [5.41, 5.74) is -0.0779. The minimum atomic E-state index is -0.0779. The highest BCUT2D eigenvalue weighted by atomic mass is 16.5. The van der Waals surface area contributed by atoms with E-state index in [2.05, 4.69) is 19.2 Å². The Hall–Kier alpha value is -0.0800. The largest absolute Gasteiger partial charge is 0.361 e. The summed E-state index contributed by atoms with van der Waals surface area (Å²) in [5.74, 6) is 0.957. The molecule has 2 heteroatoms. The summed E-state index contributed by atoms with van der Waals surface area (Å²) in [4.78, 5) is 0. The van der Waals surface area contributed by atoms with E-state index >= 15 is 0 Å². The summed E-state index contributed by atoms with van der Waals surface area (Å²) >= 11 is 0. The van der Waals surface area contributed by atoms with Gasteiger partial charge in [0, 0.05) is 6.04 Å². The first-order chi connectivity index (χ1) is 5.17. The molecule has 64 valence electrons. The molecule has 0 amide bonds. The Bertz CT molecular complexity index is 152. The van der Waals surface area contributed by atoms with E-state index in [0.717, 1.165) is 18.6 Å². The fourth-order valence-electron chi connectivity index (χ4n) is 1.85. The summed E-state index contributed by atoms with van der Waals surface area (Å²) < 4.78 is 5.56. The van der Waals surface area contributed by atoms with E-state index in [1.807, 2.05) is 0 Å². The van der Waals surface area contributed by atoms with Crippen molar-refractivity contribution in [1.82, 2.24) is 5.32 Å². The van der Waals surface area contributed by atoms with Gasteiger partial charge in [0.05, 0.1) is 6.61 Å². The van der Waals surface area contributed by atoms with Crippen LogP contribution in [0, 0.1) is 5.92 Å². The molecule has 0 aromatic carbocycles. The number of nitrogens with one attached hydrogen (secondary N) is 1. The lowest BCUT2D eigenvalue weighted by molar-refractivity contribution is -0.0873. The maximum atomic E-state index is 5.56. The van der Waals surface area contributed by atoms with Crippen molar-refractivity contribution in [2.75, 3.05) is 6.61 Å². The Morgan fingerprint density at radius 3 is 2.55 bits per heavy atom. The van der Waals surface area contributed by atoms with Crippen molar-refractivity contribution in [3.8, 4) is 0 Å². The smallest absolute Gasteiger partial charge is 0.113 e. The highest BCUT2D eigenvalue weighted by Gasteiger charge is 2.37. The molecule has 1 unspecified atom stereocenters. The SMILES string of the molecule is CC1(C)NC(C2CC2)CCO1. The van der Waals surface area contributed by atoms with Gasteiger partial charge in [-0.05, 0) is 39.0 Å². The van der Waals surface area contributed by atoms with Crippen LogP contribution < -0.4 is 5.32 Å². The van der Waals surface area contributed by atoms with E-state index in [-0.39, 0.29) is 5.72 Å². The maximum absolute atomic E-state index is 5.56. The minimum absolute atomic E-state index is 0.0779. The molecule has 2 fully saturated rings. The van der Waals surface area contributed by atoms with Gasteiger partial charge >= 0.3 is 0 Å². The van der Waals surface area contributed by atoms with Gasteiger partial charge in [-0.25, -0.2) is 0 Å². The van der Waals surface area contributed by atoms with Gasteiger partial charge < -0.3 is 4.74 Å². The zero-order valence-electron chi connectivity index (χ0n) is 7.39. The van der Waals surface area contributed by atoms with E-state index in [1.54, 1.807) is 0 Å². The fourth-order valence-corrected chi connectivity index (χ4v) is 1.85. The van der Waals surface area contributed by atoms with Crippen molar-refractivity contribution in [3.63, 3.8) is 0 Å². The standard InChI is InChI=1S/C9H17NO/c1-9(2)10-8(5-6-11-9)7-3-4-7/h7-8,10H,3-6H2,1-2H3. The van der Waals surface area contributed by atoms with E-state index in [1.165, 1.54) is 19.3 Å². The van der Waals surface area contributed by atoms with Crippen LogP contribution in [0.1, 0.15) is 33.1 Å². The Kier molecular flexibility index (Phi) is 1.69. The van der Waals surface area contributed by atoms with Crippen LogP contribution >= 0.6 is 0 Å². The van der Waals surface area contributed by atoms with Gasteiger partial charge in [-0.1, -0.05) is 0 Å². The Morgan fingerprint density at radius 2 is 2.00 bits per heavy atom. The third kappa shape index (κ3) is 1.74. The summed E-state index contributed by atoms with van der Waals surface area (Å²) in [5, 5.41) is 3.53. The van der Waals surface area contributed by atoms with E-state index in [4.69, 9.17) is 4.74 Å². The molecule has 2 aliphatic rings. The maximum Gasteiger partial charge on any atom is 0.113 e. The van der Waals surface area contributed by atoms with Gasteiger partial charge in [-0.3, -0.25) is 5.32 Å². The summed E-state index contributed by atoms with van der Waals surface area (Å²) in [7, 11) is 0. The van der Waals surface area contributed by atoms with Crippen molar-refractivity contribution in [2.24, 2.45) is 5.92 Å². The quantitative estimate of drug-likeness (QED) is 0.619. The van der Waals surface area contributed by atoms with Crippen molar-refractivity contribution >= 4 is 0 Å². The Balaban J connectivity index is 1.92. The molecule has 2 rings (SSSR count). The normalized spacial score (nSPS) is 37.1. The molecule has 2 nitrogen and oxygen atoms in total. The molecular formula is C9H17NO. The lowest BCUT2D eigenvalue weighted by Crippen LogP contribution is -2.53. The monoisotopic (exact) mass is 155 g/mol. The second kappa shape index (κ2) is 2.46.